The van der Waals surface area contributed by atoms with E-state index in [1.165, 1.54) is 11.8 Å². The average molecular weight is 430 g/mol. The minimum absolute atomic E-state index is 0.156. The van der Waals surface area contributed by atoms with Gasteiger partial charge >= 0.3 is 0 Å². The van der Waals surface area contributed by atoms with Crippen molar-refractivity contribution in [1.29, 1.82) is 0 Å². The Balaban J connectivity index is 1.52. The zero-order valence-corrected chi connectivity index (χ0v) is 17.5. The third-order valence-electron chi connectivity index (χ3n) is 4.15. The van der Waals surface area contributed by atoms with Gasteiger partial charge in [-0.3, -0.25) is 9.59 Å². The normalized spacial score (nSPS) is 11.7. The van der Waals surface area contributed by atoms with Gasteiger partial charge in [-0.2, -0.15) is 0 Å². The van der Waals surface area contributed by atoms with Crippen molar-refractivity contribution in [1.82, 2.24) is 20.1 Å². The van der Waals surface area contributed by atoms with E-state index in [2.05, 4.69) is 20.8 Å². The summed E-state index contributed by atoms with van der Waals surface area (Å²) in [7, 11) is 1.82. The van der Waals surface area contributed by atoms with Crippen LogP contribution in [0.2, 0.25) is 5.02 Å². The second-order valence-electron chi connectivity index (χ2n) is 6.39. The van der Waals surface area contributed by atoms with E-state index in [1.54, 1.807) is 47.3 Å². The quantitative estimate of drug-likeness (QED) is 0.559. The maximum atomic E-state index is 12.5. The molecule has 9 heteroatoms. The van der Waals surface area contributed by atoms with Gasteiger partial charge in [0.15, 0.2) is 5.16 Å². The molecule has 1 atom stereocenters. The third kappa shape index (κ3) is 5.82. The summed E-state index contributed by atoms with van der Waals surface area (Å²) in [6, 6.07) is 13.9. The molecule has 0 saturated carbocycles. The predicted octanol–water partition coefficient (Wildman–Crippen LogP) is 3.69. The fourth-order valence-corrected chi connectivity index (χ4v) is 3.36. The Morgan fingerprint density at radius 3 is 2.45 bits per heavy atom. The fourth-order valence-electron chi connectivity index (χ4n) is 2.55. The van der Waals surface area contributed by atoms with Gasteiger partial charge in [0.05, 0.1) is 11.8 Å². The summed E-state index contributed by atoms with van der Waals surface area (Å²) in [5, 5.41) is 14.8. The van der Waals surface area contributed by atoms with Gasteiger partial charge in [0.2, 0.25) is 5.91 Å². The molecule has 0 spiro atoms. The summed E-state index contributed by atoms with van der Waals surface area (Å²) in [5.41, 5.74) is 2.10. The lowest BCUT2D eigenvalue weighted by molar-refractivity contribution is -0.113. The first-order chi connectivity index (χ1) is 13.9. The highest BCUT2D eigenvalue weighted by molar-refractivity contribution is 7.99. The summed E-state index contributed by atoms with van der Waals surface area (Å²) >= 11 is 7.20. The summed E-state index contributed by atoms with van der Waals surface area (Å²) < 4.78 is 1.75. The maximum absolute atomic E-state index is 12.5. The first-order valence-corrected chi connectivity index (χ1v) is 10.2. The van der Waals surface area contributed by atoms with Crippen molar-refractivity contribution in [3.63, 3.8) is 0 Å². The molecule has 0 saturated heterocycles. The number of nitrogens with one attached hydrogen (secondary N) is 2. The molecule has 7 nitrogen and oxygen atoms in total. The summed E-state index contributed by atoms with van der Waals surface area (Å²) in [5.74, 6) is -0.136. The Hall–Kier alpha value is -2.84. The number of halogens is 1. The second-order valence-corrected chi connectivity index (χ2v) is 7.76. The number of anilines is 1. The molecule has 2 N–H and O–H groups in total. The monoisotopic (exact) mass is 429 g/mol. The molecule has 0 bridgehead atoms. The van der Waals surface area contributed by atoms with Crippen LogP contribution in [0.5, 0.6) is 0 Å². The van der Waals surface area contributed by atoms with Crippen molar-refractivity contribution in [2.45, 2.75) is 18.1 Å². The van der Waals surface area contributed by atoms with Gasteiger partial charge in [-0.15, -0.1) is 10.2 Å². The molecular weight excluding hydrogens is 410 g/mol. The van der Waals surface area contributed by atoms with Crippen molar-refractivity contribution in [2.75, 3.05) is 11.1 Å². The lowest BCUT2D eigenvalue weighted by atomic mass is 10.1. The van der Waals surface area contributed by atoms with Crippen molar-refractivity contribution in [2.24, 2.45) is 7.05 Å². The van der Waals surface area contributed by atoms with Crippen molar-refractivity contribution in [3.05, 3.63) is 71.0 Å². The number of benzene rings is 2. The number of hydrogen-bond donors (Lipinski definition) is 2. The number of aryl methyl sites for hydroxylation is 1. The highest BCUT2D eigenvalue weighted by Crippen LogP contribution is 2.18. The van der Waals surface area contributed by atoms with Gasteiger partial charge in [-0.05, 0) is 48.9 Å². The van der Waals surface area contributed by atoms with E-state index >= 15 is 0 Å². The van der Waals surface area contributed by atoms with E-state index < -0.39 is 0 Å². The van der Waals surface area contributed by atoms with E-state index in [9.17, 15) is 9.59 Å². The first kappa shape index (κ1) is 20.9. The molecule has 29 heavy (non-hydrogen) atoms. The second kappa shape index (κ2) is 9.58. The van der Waals surface area contributed by atoms with Gasteiger partial charge in [0, 0.05) is 23.3 Å². The van der Waals surface area contributed by atoms with Crippen LogP contribution in [0.4, 0.5) is 5.69 Å². The standard InChI is InChI=1S/C20H20ClN5O2S/c1-13(14-3-7-16(21)8-4-14)23-19(28)15-5-9-17(10-6-15)24-18(27)11-29-20-25-22-12-26(20)2/h3-10,12-13H,11H2,1-2H3,(H,23,28)(H,24,27)/t13-/m0/s1. The Bertz CT molecular complexity index is 989. The van der Waals surface area contributed by atoms with Gasteiger partial charge in [-0.1, -0.05) is 35.5 Å². The van der Waals surface area contributed by atoms with Gasteiger partial charge < -0.3 is 15.2 Å². The van der Waals surface area contributed by atoms with Crippen LogP contribution in [0.25, 0.3) is 0 Å². The smallest absolute Gasteiger partial charge is 0.251 e. The van der Waals surface area contributed by atoms with Gasteiger partial charge in [0.1, 0.15) is 6.33 Å². The minimum Gasteiger partial charge on any atom is -0.346 e. The van der Waals surface area contributed by atoms with E-state index in [1.807, 2.05) is 26.1 Å². The molecule has 1 aromatic heterocycles. The third-order valence-corrected chi connectivity index (χ3v) is 5.44. The largest absolute Gasteiger partial charge is 0.346 e. The number of rotatable bonds is 7. The molecule has 0 unspecified atom stereocenters. The zero-order chi connectivity index (χ0) is 20.8. The molecule has 3 aromatic rings. The van der Waals surface area contributed by atoms with Gasteiger partial charge in [0.25, 0.3) is 5.91 Å². The fraction of sp³-hybridized carbons (Fsp3) is 0.200. The van der Waals surface area contributed by atoms with Crippen molar-refractivity contribution < 1.29 is 9.59 Å². The summed E-state index contributed by atoms with van der Waals surface area (Å²) in [6.07, 6.45) is 1.58. The Kier molecular flexibility index (Phi) is 6.90. The molecule has 0 aliphatic carbocycles. The van der Waals surface area contributed by atoms with Gasteiger partial charge in [-0.25, -0.2) is 0 Å². The van der Waals surface area contributed by atoms with Crippen molar-refractivity contribution in [3.8, 4) is 0 Å². The molecule has 1 heterocycles. The topological polar surface area (TPSA) is 88.9 Å². The van der Waals surface area contributed by atoms with Crippen LogP contribution in [0, 0.1) is 0 Å². The number of hydrogen-bond acceptors (Lipinski definition) is 5. The number of carbonyl (C=O) groups excluding carboxylic acids is 2. The Labute approximate surface area is 177 Å². The van der Waals surface area contributed by atoms with Crippen LogP contribution in [-0.2, 0) is 11.8 Å². The lowest BCUT2D eigenvalue weighted by Crippen LogP contribution is -2.26. The maximum Gasteiger partial charge on any atom is 0.251 e. The van der Waals surface area contributed by atoms with Crippen LogP contribution in [0.3, 0.4) is 0 Å². The Morgan fingerprint density at radius 2 is 1.83 bits per heavy atom. The van der Waals surface area contributed by atoms with E-state index in [4.69, 9.17) is 11.6 Å². The molecule has 2 aromatic carbocycles. The first-order valence-electron chi connectivity index (χ1n) is 8.85. The molecular formula is C20H20ClN5O2S. The van der Waals surface area contributed by atoms with E-state index in [0.29, 0.717) is 21.4 Å². The summed E-state index contributed by atoms with van der Waals surface area (Å²) in [6.45, 7) is 1.91. The number of nitrogens with zero attached hydrogens (tertiary/aromatic N) is 3. The number of carbonyl (C=O) groups is 2. The molecule has 2 amide bonds. The lowest BCUT2D eigenvalue weighted by Gasteiger charge is -2.14. The van der Waals surface area contributed by atoms with E-state index in [-0.39, 0.29) is 23.6 Å². The predicted molar refractivity (Wildman–Crippen MR) is 114 cm³/mol. The van der Waals surface area contributed by atoms with Crippen molar-refractivity contribution >= 4 is 40.9 Å². The minimum atomic E-state index is -0.192. The molecule has 0 fully saturated rings. The average Bonchev–Trinajstić information content (AvgIpc) is 3.12. The van der Waals surface area contributed by atoms with Crippen LogP contribution < -0.4 is 10.6 Å². The highest BCUT2D eigenvalue weighted by atomic mass is 35.5. The highest BCUT2D eigenvalue weighted by Gasteiger charge is 2.12. The number of amides is 2. The van der Waals surface area contributed by atoms with Crippen LogP contribution in [0.1, 0.15) is 28.9 Å². The van der Waals surface area contributed by atoms with Crippen LogP contribution >= 0.6 is 23.4 Å². The molecule has 0 aliphatic heterocycles. The number of aromatic nitrogens is 3. The molecule has 0 radical (unpaired) electrons. The van der Waals surface area contributed by atoms with Crippen LogP contribution in [0.15, 0.2) is 60.0 Å². The molecule has 0 aliphatic rings. The molecule has 150 valence electrons. The van der Waals surface area contributed by atoms with E-state index in [0.717, 1.165) is 5.56 Å². The molecule has 3 rings (SSSR count). The zero-order valence-electron chi connectivity index (χ0n) is 15.9. The Morgan fingerprint density at radius 1 is 1.14 bits per heavy atom. The summed E-state index contributed by atoms with van der Waals surface area (Å²) in [4.78, 5) is 24.5. The van der Waals surface area contributed by atoms with Crippen LogP contribution in [-0.4, -0.2) is 32.3 Å². The number of thioether (sulfide) groups is 1. The SMILES string of the molecule is C[C@H](NC(=O)c1ccc(NC(=O)CSc2nncn2C)cc1)c1ccc(Cl)cc1.